The third kappa shape index (κ3) is 2.97. The SMILES string of the molecule is CCOC1CC(N(C)Cc2cn(C)nc2C(=O)O)C12CCCCC2. The van der Waals surface area contributed by atoms with E-state index in [1.807, 2.05) is 6.20 Å². The summed E-state index contributed by atoms with van der Waals surface area (Å²) >= 11 is 0. The molecule has 0 aromatic carbocycles. The monoisotopic (exact) mass is 335 g/mol. The Balaban J connectivity index is 1.75. The Hall–Kier alpha value is -1.40. The topological polar surface area (TPSA) is 67.6 Å². The molecule has 2 aliphatic carbocycles. The number of hydrogen-bond acceptors (Lipinski definition) is 4. The molecule has 134 valence electrons. The van der Waals surface area contributed by atoms with Gasteiger partial charge in [-0.05, 0) is 33.2 Å². The lowest BCUT2D eigenvalue weighted by molar-refractivity contribution is -0.180. The fraction of sp³-hybridized carbons (Fsp3) is 0.778. The molecule has 1 aromatic rings. The highest BCUT2D eigenvalue weighted by molar-refractivity contribution is 5.86. The summed E-state index contributed by atoms with van der Waals surface area (Å²) < 4.78 is 7.62. The molecular weight excluding hydrogens is 306 g/mol. The van der Waals surface area contributed by atoms with Crippen LogP contribution in [0.25, 0.3) is 0 Å². The minimum Gasteiger partial charge on any atom is -0.476 e. The van der Waals surface area contributed by atoms with Gasteiger partial charge in [0.05, 0.1) is 6.10 Å². The van der Waals surface area contributed by atoms with E-state index in [1.54, 1.807) is 11.7 Å². The molecule has 2 saturated carbocycles. The smallest absolute Gasteiger partial charge is 0.356 e. The third-order valence-electron chi connectivity index (χ3n) is 5.95. The van der Waals surface area contributed by atoms with Crippen LogP contribution in [-0.2, 0) is 18.3 Å². The summed E-state index contributed by atoms with van der Waals surface area (Å²) in [4.78, 5) is 13.7. The Morgan fingerprint density at radius 1 is 1.46 bits per heavy atom. The van der Waals surface area contributed by atoms with Gasteiger partial charge in [0.15, 0.2) is 5.69 Å². The van der Waals surface area contributed by atoms with Crippen LogP contribution < -0.4 is 0 Å². The zero-order valence-electron chi connectivity index (χ0n) is 15.0. The van der Waals surface area contributed by atoms with Crippen LogP contribution in [-0.4, -0.2) is 51.6 Å². The first-order chi connectivity index (χ1) is 11.5. The molecule has 2 atom stereocenters. The maximum Gasteiger partial charge on any atom is 0.356 e. The molecule has 0 bridgehead atoms. The molecule has 1 spiro atoms. The second-order valence-corrected chi connectivity index (χ2v) is 7.39. The van der Waals surface area contributed by atoms with Crippen LogP contribution in [0.5, 0.6) is 0 Å². The molecular formula is C18H29N3O3. The maximum absolute atomic E-state index is 11.4. The van der Waals surface area contributed by atoms with Gasteiger partial charge in [-0.15, -0.1) is 0 Å². The Labute approximate surface area is 143 Å². The Kier molecular flexibility index (Phi) is 4.97. The molecule has 6 nitrogen and oxygen atoms in total. The van der Waals surface area contributed by atoms with Crippen molar-refractivity contribution in [3.63, 3.8) is 0 Å². The van der Waals surface area contributed by atoms with Crippen molar-refractivity contribution in [2.24, 2.45) is 12.5 Å². The zero-order valence-corrected chi connectivity index (χ0v) is 15.0. The van der Waals surface area contributed by atoms with Gasteiger partial charge in [-0.3, -0.25) is 9.58 Å². The highest BCUT2D eigenvalue weighted by atomic mass is 16.5. The molecule has 2 unspecified atom stereocenters. The van der Waals surface area contributed by atoms with Gasteiger partial charge < -0.3 is 9.84 Å². The van der Waals surface area contributed by atoms with Crippen LogP contribution in [0, 0.1) is 5.41 Å². The third-order valence-corrected chi connectivity index (χ3v) is 5.95. The quantitative estimate of drug-likeness (QED) is 0.866. The molecule has 1 N–H and O–H groups in total. The maximum atomic E-state index is 11.4. The molecule has 2 aliphatic rings. The van der Waals surface area contributed by atoms with Crippen molar-refractivity contribution in [3.05, 3.63) is 17.5 Å². The minimum absolute atomic E-state index is 0.169. The zero-order chi connectivity index (χ0) is 17.3. The Morgan fingerprint density at radius 3 is 2.79 bits per heavy atom. The first kappa shape index (κ1) is 17.4. The minimum atomic E-state index is -0.952. The summed E-state index contributed by atoms with van der Waals surface area (Å²) in [7, 11) is 3.88. The first-order valence-corrected chi connectivity index (χ1v) is 9.05. The molecule has 0 radical (unpaired) electrons. The van der Waals surface area contributed by atoms with Gasteiger partial charge in [-0.2, -0.15) is 5.10 Å². The number of rotatable bonds is 6. The van der Waals surface area contributed by atoms with Gasteiger partial charge in [0.2, 0.25) is 0 Å². The standard InChI is InChI=1S/C18H29N3O3/c1-4-24-15-10-14(18(15)8-6-5-7-9-18)20(2)11-13-12-21(3)19-16(13)17(22)23/h12,14-15H,4-11H2,1-3H3,(H,22,23). The van der Waals surface area contributed by atoms with E-state index in [4.69, 9.17) is 4.74 Å². The number of aromatic carboxylic acids is 1. The van der Waals surface area contributed by atoms with E-state index >= 15 is 0 Å². The number of aromatic nitrogens is 2. The van der Waals surface area contributed by atoms with Crippen molar-refractivity contribution >= 4 is 5.97 Å². The van der Waals surface area contributed by atoms with Crippen LogP contribution in [0.4, 0.5) is 0 Å². The van der Waals surface area contributed by atoms with Gasteiger partial charge in [0.1, 0.15) is 0 Å². The lowest BCUT2D eigenvalue weighted by Crippen LogP contribution is -2.64. The Bertz CT molecular complexity index is 592. The first-order valence-electron chi connectivity index (χ1n) is 9.05. The molecule has 6 heteroatoms. The number of carboxylic acids is 1. The van der Waals surface area contributed by atoms with Crippen LogP contribution in [0.1, 0.15) is 61.5 Å². The fourth-order valence-corrected chi connectivity index (χ4v) is 4.86. The van der Waals surface area contributed by atoms with Crippen molar-refractivity contribution in [2.45, 2.75) is 64.1 Å². The van der Waals surface area contributed by atoms with Crippen LogP contribution in [0.2, 0.25) is 0 Å². The van der Waals surface area contributed by atoms with E-state index in [-0.39, 0.29) is 11.1 Å². The fourth-order valence-electron chi connectivity index (χ4n) is 4.86. The van der Waals surface area contributed by atoms with Crippen LogP contribution >= 0.6 is 0 Å². The van der Waals surface area contributed by atoms with Gasteiger partial charge in [0.25, 0.3) is 0 Å². The molecule has 3 rings (SSSR count). The van der Waals surface area contributed by atoms with Crippen molar-refractivity contribution in [2.75, 3.05) is 13.7 Å². The number of aryl methyl sites for hydroxylation is 1. The van der Waals surface area contributed by atoms with Crippen LogP contribution in [0.15, 0.2) is 6.20 Å². The Morgan fingerprint density at radius 2 is 2.17 bits per heavy atom. The molecule has 1 aromatic heterocycles. The molecule has 1 heterocycles. The second-order valence-electron chi connectivity index (χ2n) is 7.39. The summed E-state index contributed by atoms with van der Waals surface area (Å²) in [5.74, 6) is -0.952. The average Bonchev–Trinajstić information content (AvgIpc) is 2.92. The summed E-state index contributed by atoms with van der Waals surface area (Å²) in [5.41, 5.74) is 1.22. The predicted molar refractivity (Wildman–Crippen MR) is 91.0 cm³/mol. The number of ether oxygens (including phenoxy) is 1. The normalized spacial score (nSPS) is 25.8. The van der Waals surface area contributed by atoms with E-state index in [9.17, 15) is 9.90 Å². The summed E-state index contributed by atoms with van der Waals surface area (Å²) in [6, 6.07) is 0.469. The van der Waals surface area contributed by atoms with Crippen molar-refractivity contribution in [1.29, 1.82) is 0 Å². The molecule has 0 aliphatic heterocycles. The van der Waals surface area contributed by atoms with E-state index in [0.29, 0.717) is 18.7 Å². The number of hydrogen-bond donors (Lipinski definition) is 1. The molecule has 0 amide bonds. The largest absolute Gasteiger partial charge is 0.476 e. The highest BCUT2D eigenvalue weighted by Gasteiger charge is 2.56. The number of carbonyl (C=O) groups is 1. The summed E-state index contributed by atoms with van der Waals surface area (Å²) in [6.45, 7) is 3.47. The van der Waals surface area contributed by atoms with Gasteiger partial charge in [-0.25, -0.2) is 4.79 Å². The second kappa shape index (κ2) is 6.84. The lowest BCUT2D eigenvalue weighted by atomic mass is 9.54. The molecule has 2 fully saturated rings. The summed E-state index contributed by atoms with van der Waals surface area (Å²) in [5, 5.41) is 13.4. The number of carboxylic acid groups (broad SMARTS) is 1. The molecule has 0 saturated heterocycles. The highest BCUT2D eigenvalue weighted by Crippen LogP contribution is 2.55. The number of nitrogens with zero attached hydrogens (tertiary/aromatic N) is 3. The van der Waals surface area contributed by atoms with Gasteiger partial charge in [0, 0.05) is 43.4 Å². The van der Waals surface area contributed by atoms with E-state index in [0.717, 1.165) is 18.6 Å². The lowest BCUT2D eigenvalue weighted by Gasteiger charge is -2.60. The van der Waals surface area contributed by atoms with Crippen molar-refractivity contribution < 1.29 is 14.6 Å². The van der Waals surface area contributed by atoms with E-state index < -0.39 is 5.97 Å². The predicted octanol–water partition coefficient (Wildman–Crippen LogP) is 2.68. The van der Waals surface area contributed by atoms with Gasteiger partial charge in [-0.1, -0.05) is 19.3 Å². The van der Waals surface area contributed by atoms with Crippen molar-refractivity contribution in [3.8, 4) is 0 Å². The van der Waals surface area contributed by atoms with Crippen molar-refractivity contribution in [1.82, 2.24) is 14.7 Å². The van der Waals surface area contributed by atoms with Gasteiger partial charge >= 0.3 is 5.97 Å². The average molecular weight is 335 g/mol. The van der Waals surface area contributed by atoms with E-state index in [2.05, 4.69) is 24.0 Å². The van der Waals surface area contributed by atoms with Crippen LogP contribution in [0.3, 0.4) is 0 Å². The molecule has 24 heavy (non-hydrogen) atoms. The summed E-state index contributed by atoms with van der Waals surface area (Å²) in [6.07, 6.45) is 9.57. The van der Waals surface area contributed by atoms with E-state index in [1.165, 1.54) is 32.1 Å².